The van der Waals surface area contributed by atoms with Crippen LogP contribution in [0, 0.1) is 0 Å². The maximum Gasteiger partial charge on any atom is 0.334 e. The number of thioether (sulfide) groups is 1. The first-order valence-electron chi connectivity index (χ1n) is 15.4. The molecule has 0 bridgehead atoms. The fraction of sp³-hybridized carbons (Fsp3) is 0.297. The molecular formula is C37H37ClN2O4S. The predicted octanol–water partition coefficient (Wildman–Crippen LogP) is 8.53. The van der Waals surface area contributed by atoms with Crippen molar-refractivity contribution < 1.29 is 19.0 Å². The lowest BCUT2D eigenvalue weighted by molar-refractivity contribution is -0.155. The molecule has 1 aliphatic rings. The minimum Gasteiger partial charge on any atom is -0.487 e. The molecular weight excluding hydrogens is 604 g/mol. The molecule has 0 amide bonds. The van der Waals surface area contributed by atoms with Crippen molar-refractivity contribution in [1.82, 2.24) is 9.55 Å². The first-order valence-corrected chi connectivity index (χ1v) is 16.7. The number of esters is 1. The molecule has 0 saturated carbocycles. The lowest BCUT2D eigenvalue weighted by atomic mass is 10.0. The van der Waals surface area contributed by atoms with Gasteiger partial charge < -0.3 is 18.8 Å². The highest BCUT2D eigenvalue weighted by Gasteiger charge is 2.29. The Hall–Kier alpha value is -3.78. The van der Waals surface area contributed by atoms with E-state index < -0.39 is 6.10 Å². The summed E-state index contributed by atoms with van der Waals surface area (Å²) in [7, 11) is 0. The number of pyridine rings is 1. The van der Waals surface area contributed by atoms with Gasteiger partial charge in [0, 0.05) is 56.5 Å². The predicted molar refractivity (Wildman–Crippen MR) is 181 cm³/mol. The van der Waals surface area contributed by atoms with Gasteiger partial charge in [-0.05, 0) is 61.7 Å². The molecule has 0 spiro atoms. The third-order valence-electron chi connectivity index (χ3n) is 8.05. The zero-order valence-corrected chi connectivity index (χ0v) is 27.4. The van der Waals surface area contributed by atoms with Crippen molar-refractivity contribution in [2.24, 2.45) is 0 Å². The molecule has 1 aliphatic heterocycles. The second-order valence-corrected chi connectivity index (χ2v) is 13.2. The van der Waals surface area contributed by atoms with E-state index in [0.717, 1.165) is 34.6 Å². The van der Waals surface area contributed by atoms with Crippen LogP contribution in [0.15, 0.2) is 90.0 Å². The number of hydrogen-bond donors (Lipinski definition) is 0. The number of halogens is 1. The summed E-state index contributed by atoms with van der Waals surface area (Å²) >= 11 is 8.11. The third kappa shape index (κ3) is 7.06. The normalized spacial score (nSPS) is 14.8. The van der Waals surface area contributed by atoms with Crippen LogP contribution in [0.1, 0.15) is 43.3 Å². The van der Waals surface area contributed by atoms with Crippen LogP contribution in [-0.4, -0.2) is 40.1 Å². The summed E-state index contributed by atoms with van der Waals surface area (Å²) in [6, 6.07) is 26.7. The van der Waals surface area contributed by atoms with Crippen molar-refractivity contribution in [2.45, 2.75) is 63.0 Å². The van der Waals surface area contributed by atoms with Crippen molar-refractivity contribution in [2.75, 3.05) is 13.2 Å². The second kappa shape index (κ2) is 14.1. The molecule has 2 atom stereocenters. The molecule has 5 aromatic rings. The van der Waals surface area contributed by atoms with Gasteiger partial charge in [0.15, 0.2) is 6.10 Å². The molecule has 232 valence electrons. The summed E-state index contributed by atoms with van der Waals surface area (Å²) < 4.78 is 20.0. The van der Waals surface area contributed by atoms with Gasteiger partial charge in [-0.25, -0.2) is 4.79 Å². The molecule has 8 heteroatoms. The lowest BCUT2D eigenvalue weighted by Crippen LogP contribution is -2.24. The first kappa shape index (κ1) is 31.2. The molecule has 3 aromatic carbocycles. The van der Waals surface area contributed by atoms with Crippen LogP contribution in [0.4, 0.5) is 0 Å². The topological polar surface area (TPSA) is 62.6 Å². The quantitative estimate of drug-likeness (QED) is 0.127. The molecule has 0 aliphatic carbocycles. The SMILES string of the molecule is CCOC(=O)C(C)OCCc1c2c3c(c(OCc4ccc(-c5ccccc5)cn4)ccc3n1Cc1ccc(Cl)cc1)CC(C)S2. The van der Waals surface area contributed by atoms with E-state index in [0.29, 0.717) is 43.1 Å². The molecule has 2 aromatic heterocycles. The van der Waals surface area contributed by atoms with Gasteiger partial charge in [0.2, 0.25) is 0 Å². The summed E-state index contributed by atoms with van der Waals surface area (Å²) in [4.78, 5) is 18.1. The number of rotatable bonds is 12. The lowest BCUT2D eigenvalue weighted by Gasteiger charge is -2.22. The van der Waals surface area contributed by atoms with Crippen LogP contribution in [0.2, 0.25) is 5.02 Å². The van der Waals surface area contributed by atoms with E-state index in [-0.39, 0.29) is 5.97 Å². The molecule has 2 unspecified atom stereocenters. The van der Waals surface area contributed by atoms with Gasteiger partial charge >= 0.3 is 5.97 Å². The maximum absolute atomic E-state index is 12.2. The number of nitrogens with zero attached hydrogens (tertiary/aromatic N) is 2. The van der Waals surface area contributed by atoms with Crippen LogP contribution in [-0.2, 0) is 40.3 Å². The van der Waals surface area contributed by atoms with Crippen LogP contribution in [0.25, 0.3) is 22.0 Å². The smallest absolute Gasteiger partial charge is 0.334 e. The highest BCUT2D eigenvalue weighted by atomic mass is 35.5. The zero-order valence-electron chi connectivity index (χ0n) is 25.8. The Balaban J connectivity index is 1.30. The van der Waals surface area contributed by atoms with Gasteiger partial charge in [0.05, 0.1) is 24.4 Å². The van der Waals surface area contributed by atoms with Crippen LogP contribution >= 0.6 is 23.4 Å². The van der Waals surface area contributed by atoms with Crippen molar-refractivity contribution in [1.29, 1.82) is 0 Å². The van der Waals surface area contributed by atoms with Gasteiger partial charge in [-0.1, -0.05) is 67.1 Å². The van der Waals surface area contributed by atoms with E-state index >= 15 is 0 Å². The van der Waals surface area contributed by atoms with Gasteiger partial charge in [0.25, 0.3) is 0 Å². The van der Waals surface area contributed by atoms with E-state index in [4.69, 9.17) is 25.8 Å². The number of benzene rings is 3. The average molecular weight is 641 g/mol. The molecule has 0 fully saturated rings. The number of ether oxygens (including phenoxy) is 3. The summed E-state index contributed by atoms with van der Waals surface area (Å²) in [5.41, 5.74) is 7.87. The van der Waals surface area contributed by atoms with Gasteiger partial charge in [-0.3, -0.25) is 4.98 Å². The van der Waals surface area contributed by atoms with Crippen molar-refractivity contribution >= 4 is 40.2 Å². The molecule has 3 heterocycles. The van der Waals surface area contributed by atoms with Crippen LogP contribution < -0.4 is 4.74 Å². The minimum atomic E-state index is -0.618. The monoisotopic (exact) mass is 640 g/mol. The molecule has 0 saturated heterocycles. The standard InChI is InChI=1S/C37H37ClN2O4S/c1-4-42-37(41)25(3)43-19-18-33-36-35-31(20-24(2)45-36)34(17-16-32(35)40(33)22-26-10-13-29(38)14-11-26)44-23-30-15-12-28(21-39-30)27-8-6-5-7-9-27/h5-17,21,24-25H,4,18-20,22-23H2,1-3H3. The molecule has 0 N–H and O–H groups in total. The van der Waals surface area contributed by atoms with Crippen LogP contribution in [0.5, 0.6) is 5.75 Å². The fourth-order valence-corrected chi connectivity index (χ4v) is 7.30. The number of carbonyl (C=O) groups excluding carboxylic acids is 1. The Morgan fingerprint density at radius 3 is 2.58 bits per heavy atom. The molecule has 0 radical (unpaired) electrons. The fourth-order valence-electron chi connectivity index (χ4n) is 5.83. The Labute approximate surface area is 273 Å². The largest absolute Gasteiger partial charge is 0.487 e. The summed E-state index contributed by atoms with van der Waals surface area (Å²) in [5, 5.41) is 2.33. The first-order chi connectivity index (χ1) is 21.9. The number of hydrogen-bond acceptors (Lipinski definition) is 6. The number of aromatic nitrogens is 2. The number of carbonyl (C=O) groups is 1. The van der Waals surface area contributed by atoms with E-state index in [1.165, 1.54) is 27.1 Å². The van der Waals surface area contributed by atoms with Crippen molar-refractivity contribution in [3.05, 3.63) is 113 Å². The van der Waals surface area contributed by atoms with E-state index in [2.05, 4.69) is 58.9 Å². The second-order valence-electron chi connectivity index (χ2n) is 11.3. The van der Waals surface area contributed by atoms with Crippen molar-refractivity contribution in [3.63, 3.8) is 0 Å². The summed E-state index contributed by atoms with van der Waals surface area (Å²) in [5.74, 6) is 0.559. The van der Waals surface area contributed by atoms with E-state index in [1.807, 2.05) is 54.4 Å². The Morgan fingerprint density at radius 1 is 1.04 bits per heavy atom. The van der Waals surface area contributed by atoms with Gasteiger partial charge in [-0.2, -0.15) is 0 Å². The molecule has 6 nitrogen and oxygen atoms in total. The summed E-state index contributed by atoms with van der Waals surface area (Å²) in [6.07, 6.45) is 2.86. The summed E-state index contributed by atoms with van der Waals surface area (Å²) in [6.45, 7) is 7.64. The van der Waals surface area contributed by atoms with Crippen molar-refractivity contribution in [3.8, 4) is 16.9 Å². The average Bonchev–Trinajstić information content (AvgIpc) is 3.34. The molecule has 6 rings (SSSR count). The Kier molecular flexibility index (Phi) is 9.79. The molecule has 45 heavy (non-hydrogen) atoms. The Morgan fingerprint density at radius 2 is 1.84 bits per heavy atom. The highest BCUT2D eigenvalue weighted by Crippen LogP contribution is 2.47. The van der Waals surface area contributed by atoms with Gasteiger partial charge in [-0.15, -0.1) is 11.8 Å². The van der Waals surface area contributed by atoms with E-state index in [9.17, 15) is 4.79 Å². The highest BCUT2D eigenvalue weighted by molar-refractivity contribution is 8.00. The maximum atomic E-state index is 12.2. The Bertz CT molecular complexity index is 1770. The minimum absolute atomic E-state index is 0.336. The zero-order chi connectivity index (χ0) is 31.3. The van der Waals surface area contributed by atoms with E-state index in [1.54, 1.807) is 13.8 Å². The van der Waals surface area contributed by atoms with Gasteiger partial charge in [0.1, 0.15) is 12.4 Å². The third-order valence-corrected chi connectivity index (χ3v) is 9.55. The van der Waals surface area contributed by atoms with Crippen LogP contribution in [0.3, 0.4) is 0 Å².